The molecular weight excluding hydrogens is 488 g/mol. The van der Waals surface area contributed by atoms with Crippen LogP contribution in [0.5, 0.6) is 0 Å². The van der Waals surface area contributed by atoms with Gasteiger partial charge in [-0.15, -0.1) is 0 Å². The number of aromatic nitrogens is 3. The monoisotopic (exact) mass is 508 g/mol. The minimum atomic E-state index is -0.608. The van der Waals surface area contributed by atoms with Gasteiger partial charge in [0.25, 0.3) is 11.8 Å². The van der Waals surface area contributed by atoms with Crippen molar-refractivity contribution in [2.75, 3.05) is 5.73 Å². The van der Waals surface area contributed by atoms with E-state index in [1.54, 1.807) is 20.8 Å². The fourth-order valence-corrected chi connectivity index (χ4v) is 3.56. The normalized spacial score (nSPS) is 11.2. The van der Waals surface area contributed by atoms with Crippen molar-refractivity contribution in [2.24, 2.45) is 0 Å². The molecule has 0 aliphatic rings. The van der Waals surface area contributed by atoms with Crippen LogP contribution < -0.4 is 16.4 Å². The van der Waals surface area contributed by atoms with Gasteiger partial charge in [-0.1, -0.05) is 38.5 Å². The maximum atomic E-state index is 12.4. The number of thiazole rings is 1. The average molecular weight is 509 g/mol. The summed E-state index contributed by atoms with van der Waals surface area (Å²) in [5.74, 6) is 0.171. The molecule has 0 aliphatic carbocycles. The summed E-state index contributed by atoms with van der Waals surface area (Å²) in [7, 11) is 0. The molecule has 0 bridgehead atoms. The van der Waals surface area contributed by atoms with Gasteiger partial charge < -0.3 is 25.6 Å². The Morgan fingerprint density at radius 3 is 2.71 bits per heavy atom. The van der Waals surface area contributed by atoms with Crippen LogP contribution in [0, 0.1) is 0 Å². The van der Waals surface area contributed by atoms with Gasteiger partial charge >= 0.3 is 6.09 Å². The number of hydrogen-bond acceptors (Lipinski definition) is 9. The summed E-state index contributed by atoms with van der Waals surface area (Å²) in [5.41, 5.74) is 6.13. The van der Waals surface area contributed by atoms with E-state index in [0.717, 1.165) is 21.4 Å². The number of nitrogen functional groups attached to an aromatic ring is 1. The summed E-state index contributed by atoms with van der Waals surface area (Å²) in [6.07, 6.45) is -0.578. The summed E-state index contributed by atoms with van der Waals surface area (Å²) < 4.78 is 11.3. The molecule has 10 nitrogen and oxygen atoms in total. The van der Waals surface area contributed by atoms with E-state index >= 15 is 0 Å². The molecule has 2 heterocycles. The van der Waals surface area contributed by atoms with E-state index < -0.39 is 17.6 Å². The molecule has 164 valence electrons. The van der Waals surface area contributed by atoms with Gasteiger partial charge in [0.1, 0.15) is 15.6 Å². The number of ether oxygens (including phenoxy) is 1. The number of nitrogens with two attached hydrogens (primary N) is 1. The van der Waals surface area contributed by atoms with Crippen molar-refractivity contribution in [3.8, 4) is 11.5 Å². The molecular formula is C19H21BrN6O4S. The molecule has 0 radical (unpaired) electrons. The highest BCUT2D eigenvalue weighted by atomic mass is 79.9. The third-order valence-electron chi connectivity index (χ3n) is 3.64. The van der Waals surface area contributed by atoms with Gasteiger partial charge in [-0.2, -0.15) is 4.98 Å². The molecule has 0 fully saturated rings. The van der Waals surface area contributed by atoms with E-state index in [4.69, 9.17) is 15.0 Å². The number of amides is 2. The molecule has 0 aliphatic heterocycles. The Balaban J connectivity index is 1.56. The van der Waals surface area contributed by atoms with Gasteiger partial charge in [0.05, 0.1) is 13.1 Å². The fourth-order valence-electron chi connectivity index (χ4n) is 2.39. The van der Waals surface area contributed by atoms with Crippen LogP contribution in [0.2, 0.25) is 0 Å². The van der Waals surface area contributed by atoms with E-state index in [9.17, 15) is 9.59 Å². The van der Waals surface area contributed by atoms with Crippen molar-refractivity contribution in [3.63, 3.8) is 0 Å². The van der Waals surface area contributed by atoms with Gasteiger partial charge in [-0.05, 0) is 39.0 Å². The number of halogens is 1. The van der Waals surface area contributed by atoms with E-state index in [2.05, 4.69) is 41.7 Å². The zero-order chi connectivity index (χ0) is 22.6. The molecule has 3 rings (SSSR count). The second kappa shape index (κ2) is 9.43. The first-order chi connectivity index (χ1) is 14.6. The van der Waals surface area contributed by atoms with Crippen LogP contribution in [0.3, 0.4) is 0 Å². The maximum absolute atomic E-state index is 12.4. The topological polar surface area (TPSA) is 145 Å². The number of anilines is 1. The minimum Gasteiger partial charge on any atom is -0.444 e. The van der Waals surface area contributed by atoms with E-state index in [1.807, 2.05) is 24.3 Å². The van der Waals surface area contributed by atoms with E-state index in [1.165, 1.54) is 0 Å². The summed E-state index contributed by atoms with van der Waals surface area (Å²) >= 11 is 4.50. The molecule has 2 aromatic heterocycles. The number of carbonyl (C=O) groups is 2. The van der Waals surface area contributed by atoms with Crippen LogP contribution in [0.15, 0.2) is 33.3 Å². The summed E-state index contributed by atoms with van der Waals surface area (Å²) in [6.45, 7) is 5.43. The molecule has 4 N–H and O–H groups in total. The summed E-state index contributed by atoms with van der Waals surface area (Å²) in [4.78, 5) is 32.7. The second-order valence-electron chi connectivity index (χ2n) is 7.38. The molecule has 3 aromatic rings. The second-order valence-corrected chi connectivity index (χ2v) is 9.42. The Bertz CT molecular complexity index is 1090. The van der Waals surface area contributed by atoms with Crippen molar-refractivity contribution in [3.05, 3.63) is 45.3 Å². The number of nitrogens with one attached hydrogen (secondary N) is 2. The highest BCUT2D eigenvalue weighted by Crippen LogP contribution is 2.22. The number of rotatable bonds is 6. The van der Waals surface area contributed by atoms with Gasteiger partial charge in [-0.25, -0.2) is 9.78 Å². The highest BCUT2D eigenvalue weighted by molar-refractivity contribution is 9.10. The molecule has 31 heavy (non-hydrogen) atoms. The molecule has 1 aromatic carbocycles. The van der Waals surface area contributed by atoms with Gasteiger partial charge in [0.2, 0.25) is 0 Å². The molecule has 0 atom stereocenters. The molecule has 0 unspecified atom stereocenters. The Kier molecular flexibility index (Phi) is 6.91. The van der Waals surface area contributed by atoms with Crippen LogP contribution in [0.4, 0.5) is 9.80 Å². The highest BCUT2D eigenvalue weighted by Gasteiger charge is 2.19. The zero-order valence-corrected chi connectivity index (χ0v) is 19.5. The van der Waals surface area contributed by atoms with E-state index in [-0.39, 0.29) is 23.8 Å². The fraction of sp³-hybridized carbons (Fsp3) is 0.316. The molecule has 0 saturated heterocycles. The number of nitrogens with zero attached hydrogens (tertiary/aromatic N) is 3. The van der Waals surface area contributed by atoms with Crippen LogP contribution >= 0.6 is 27.3 Å². The van der Waals surface area contributed by atoms with Crippen molar-refractivity contribution < 1.29 is 18.8 Å². The lowest BCUT2D eigenvalue weighted by Gasteiger charge is -2.19. The molecule has 2 amide bonds. The number of benzene rings is 1. The Labute approximate surface area is 190 Å². The summed E-state index contributed by atoms with van der Waals surface area (Å²) in [5, 5.41) is 9.82. The smallest absolute Gasteiger partial charge is 0.408 e. The summed E-state index contributed by atoms with van der Waals surface area (Å²) in [6, 6.07) is 7.42. The zero-order valence-electron chi connectivity index (χ0n) is 17.1. The third kappa shape index (κ3) is 6.49. The molecule has 0 spiro atoms. The van der Waals surface area contributed by atoms with Crippen LogP contribution in [-0.4, -0.2) is 32.7 Å². The van der Waals surface area contributed by atoms with Gasteiger partial charge in [0, 0.05) is 10.0 Å². The maximum Gasteiger partial charge on any atom is 0.408 e. The lowest BCUT2D eigenvalue weighted by Crippen LogP contribution is -2.32. The Morgan fingerprint density at radius 2 is 2.00 bits per heavy atom. The first kappa shape index (κ1) is 22.7. The number of carbonyl (C=O) groups excluding carboxylic acids is 2. The predicted octanol–water partition coefficient (Wildman–Crippen LogP) is 3.49. The van der Waals surface area contributed by atoms with Crippen LogP contribution in [0.1, 0.15) is 42.1 Å². The quantitative estimate of drug-likeness (QED) is 0.458. The van der Waals surface area contributed by atoms with Gasteiger partial charge in [0.15, 0.2) is 11.5 Å². The van der Waals surface area contributed by atoms with Crippen molar-refractivity contribution in [1.82, 2.24) is 25.8 Å². The lowest BCUT2D eigenvalue weighted by molar-refractivity contribution is 0.0523. The van der Waals surface area contributed by atoms with Crippen molar-refractivity contribution >= 4 is 44.3 Å². The SMILES string of the molecule is CC(C)(C)OC(=O)NCc1nc(C(=O)NCc2noc(-c3cccc(Br)c3)n2)c(N)s1. The minimum absolute atomic E-state index is 0.0405. The Morgan fingerprint density at radius 1 is 1.23 bits per heavy atom. The lowest BCUT2D eigenvalue weighted by atomic mass is 10.2. The Hall–Kier alpha value is -2.99. The largest absolute Gasteiger partial charge is 0.444 e. The van der Waals surface area contributed by atoms with E-state index in [0.29, 0.717) is 16.7 Å². The standard InChI is InChI=1S/C19H21BrN6O4S/c1-19(2,3)29-18(28)23-9-13-25-14(15(21)31-13)16(27)22-8-12-24-17(30-26-12)10-5-4-6-11(20)7-10/h4-7H,8-9,21H2,1-3H3,(H,22,27)(H,23,28). The van der Waals surface area contributed by atoms with Crippen LogP contribution in [-0.2, 0) is 17.8 Å². The van der Waals surface area contributed by atoms with Crippen molar-refractivity contribution in [1.29, 1.82) is 0 Å². The predicted molar refractivity (Wildman–Crippen MR) is 118 cm³/mol. The van der Waals surface area contributed by atoms with Crippen LogP contribution in [0.25, 0.3) is 11.5 Å². The average Bonchev–Trinajstić information content (AvgIpc) is 3.30. The first-order valence-electron chi connectivity index (χ1n) is 9.19. The molecule has 0 saturated carbocycles. The van der Waals surface area contributed by atoms with Crippen molar-refractivity contribution in [2.45, 2.75) is 39.5 Å². The van der Waals surface area contributed by atoms with Gasteiger partial charge in [-0.3, -0.25) is 4.79 Å². The number of hydrogen-bond donors (Lipinski definition) is 3. The first-order valence-corrected chi connectivity index (χ1v) is 10.8. The number of alkyl carbamates (subject to hydrolysis) is 1. The third-order valence-corrected chi connectivity index (χ3v) is 5.02. The molecule has 12 heteroatoms.